The van der Waals surface area contributed by atoms with Crippen LogP contribution in [0, 0.1) is 0 Å². The van der Waals surface area contributed by atoms with Gasteiger partial charge in [0.15, 0.2) is 0 Å². The smallest absolute Gasteiger partial charge is 0.326 e. The second kappa shape index (κ2) is 6.48. The van der Waals surface area contributed by atoms with E-state index < -0.39 is 28.6 Å². The maximum Gasteiger partial charge on any atom is 0.326 e. The average molecular weight is 322 g/mol. The van der Waals surface area contributed by atoms with Crippen LogP contribution in [0.3, 0.4) is 0 Å². The summed E-state index contributed by atoms with van der Waals surface area (Å²) in [6.07, 6.45) is 2.02. The Morgan fingerprint density at radius 3 is 2.50 bits per heavy atom. The number of carboxylic acids is 1. The summed E-state index contributed by atoms with van der Waals surface area (Å²) in [6.45, 7) is 3.76. The number of likely N-dealkylation sites (tertiary alicyclic amines) is 1. The van der Waals surface area contributed by atoms with E-state index in [1.807, 2.05) is 26.0 Å². The van der Waals surface area contributed by atoms with Gasteiger partial charge in [0, 0.05) is 23.8 Å². The Balaban J connectivity index is 2.15. The lowest BCUT2D eigenvalue weighted by Gasteiger charge is -2.30. The Morgan fingerprint density at radius 1 is 1.36 bits per heavy atom. The number of pyridine rings is 1. The van der Waals surface area contributed by atoms with Crippen molar-refractivity contribution in [1.29, 1.82) is 0 Å². The van der Waals surface area contributed by atoms with E-state index in [0.717, 1.165) is 9.93 Å². The molecule has 1 atom stereocenters. The lowest BCUT2D eigenvalue weighted by Crippen LogP contribution is -2.47. The van der Waals surface area contributed by atoms with Crippen molar-refractivity contribution < 1.29 is 19.5 Å². The molecule has 2 amide bonds. The Kier molecular flexibility index (Phi) is 4.85. The van der Waals surface area contributed by atoms with Gasteiger partial charge in [-0.1, -0.05) is 19.9 Å². The van der Waals surface area contributed by atoms with E-state index in [4.69, 9.17) is 0 Å². The predicted molar refractivity (Wildman–Crippen MR) is 81.3 cm³/mol. The lowest BCUT2D eigenvalue weighted by atomic mass is 10.0. The number of carbonyl (C=O) groups excluding carboxylic acids is 2. The second-order valence-corrected chi connectivity index (χ2v) is 7.47. The van der Waals surface area contributed by atoms with Crippen LogP contribution in [0.2, 0.25) is 0 Å². The van der Waals surface area contributed by atoms with Crippen LogP contribution in [0.4, 0.5) is 0 Å². The quantitative estimate of drug-likeness (QED) is 0.636. The van der Waals surface area contributed by atoms with Crippen LogP contribution >= 0.6 is 11.8 Å². The molecule has 0 aromatic carbocycles. The van der Waals surface area contributed by atoms with Gasteiger partial charge in [-0.25, -0.2) is 9.78 Å². The second-order valence-electron chi connectivity index (χ2n) is 5.75. The van der Waals surface area contributed by atoms with Crippen LogP contribution in [-0.4, -0.2) is 43.6 Å². The highest BCUT2D eigenvalue weighted by Crippen LogP contribution is 2.36. The van der Waals surface area contributed by atoms with Gasteiger partial charge in [-0.2, -0.15) is 0 Å². The average Bonchev–Trinajstić information content (AvgIpc) is 2.76. The number of imide groups is 1. The molecule has 0 saturated carbocycles. The highest BCUT2D eigenvalue weighted by Gasteiger charge is 2.41. The molecule has 1 aliphatic heterocycles. The molecule has 1 aromatic rings. The number of thioether (sulfide) groups is 1. The highest BCUT2D eigenvalue weighted by molar-refractivity contribution is 8.00. The number of rotatable bonds is 6. The number of aromatic nitrogens is 1. The summed E-state index contributed by atoms with van der Waals surface area (Å²) in [6, 6.07) is 4.37. The molecule has 1 saturated heterocycles. The van der Waals surface area contributed by atoms with Gasteiger partial charge in [-0.05, 0) is 18.6 Å². The molecule has 1 N–H and O–H groups in total. The molecule has 1 fully saturated rings. The predicted octanol–water partition coefficient (Wildman–Crippen LogP) is 1.94. The summed E-state index contributed by atoms with van der Waals surface area (Å²) in [5.74, 6) is -1.97. The maximum atomic E-state index is 11.8. The van der Waals surface area contributed by atoms with E-state index in [2.05, 4.69) is 4.98 Å². The molecule has 0 spiro atoms. The molecule has 1 aliphatic rings. The number of aliphatic carboxylic acids is 1. The fourth-order valence-corrected chi connectivity index (χ4v) is 3.50. The van der Waals surface area contributed by atoms with Crippen LogP contribution < -0.4 is 0 Å². The van der Waals surface area contributed by atoms with E-state index in [9.17, 15) is 19.5 Å². The third kappa shape index (κ3) is 3.85. The van der Waals surface area contributed by atoms with Crippen molar-refractivity contribution in [3.05, 3.63) is 24.4 Å². The molecule has 2 rings (SSSR count). The third-order valence-corrected chi connectivity index (χ3v) is 4.56. The third-order valence-electron chi connectivity index (χ3n) is 3.39. The number of amides is 2. The first-order chi connectivity index (χ1) is 10.3. The van der Waals surface area contributed by atoms with Gasteiger partial charge >= 0.3 is 5.97 Å². The molecule has 118 valence electrons. The van der Waals surface area contributed by atoms with E-state index in [0.29, 0.717) is 0 Å². The van der Waals surface area contributed by atoms with E-state index >= 15 is 0 Å². The fraction of sp³-hybridized carbons (Fsp3) is 0.467. The number of hydrogen-bond donors (Lipinski definition) is 1. The molecule has 0 radical (unpaired) electrons. The largest absolute Gasteiger partial charge is 0.480 e. The minimum absolute atomic E-state index is 0.0937. The van der Waals surface area contributed by atoms with Gasteiger partial charge < -0.3 is 5.11 Å². The minimum Gasteiger partial charge on any atom is -0.480 e. The van der Waals surface area contributed by atoms with Crippen LogP contribution in [0.25, 0.3) is 0 Å². The van der Waals surface area contributed by atoms with Gasteiger partial charge in [0.1, 0.15) is 6.04 Å². The summed E-state index contributed by atoms with van der Waals surface area (Å²) >= 11 is 1.43. The molecule has 22 heavy (non-hydrogen) atoms. The molecule has 0 bridgehead atoms. The summed E-state index contributed by atoms with van der Waals surface area (Å²) in [5.41, 5.74) is 0. The van der Waals surface area contributed by atoms with Crippen LogP contribution in [0.15, 0.2) is 29.4 Å². The summed E-state index contributed by atoms with van der Waals surface area (Å²) in [4.78, 5) is 40.2. The lowest BCUT2D eigenvalue weighted by molar-refractivity contribution is -0.154. The molecule has 7 heteroatoms. The first-order valence-corrected chi connectivity index (χ1v) is 7.79. The molecule has 1 unspecified atom stereocenters. The topological polar surface area (TPSA) is 87.6 Å². The van der Waals surface area contributed by atoms with Crippen molar-refractivity contribution in [2.45, 2.75) is 48.9 Å². The van der Waals surface area contributed by atoms with Crippen molar-refractivity contribution in [3.8, 4) is 0 Å². The summed E-state index contributed by atoms with van der Waals surface area (Å²) < 4.78 is -0.486. The number of hydrogen-bond acceptors (Lipinski definition) is 5. The summed E-state index contributed by atoms with van der Waals surface area (Å²) in [7, 11) is 0. The highest BCUT2D eigenvalue weighted by atomic mass is 32.2. The van der Waals surface area contributed by atoms with Crippen molar-refractivity contribution in [1.82, 2.24) is 9.88 Å². The fourth-order valence-electron chi connectivity index (χ4n) is 2.43. The Labute approximate surface area is 132 Å². The molecule has 2 heterocycles. The van der Waals surface area contributed by atoms with Crippen molar-refractivity contribution >= 4 is 29.5 Å². The van der Waals surface area contributed by atoms with Crippen LogP contribution in [-0.2, 0) is 14.4 Å². The zero-order valence-corrected chi connectivity index (χ0v) is 13.3. The van der Waals surface area contributed by atoms with Gasteiger partial charge in [-0.3, -0.25) is 14.5 Å². The van der Waals surface area contributed by atoms with E-state index in [-0.39, 0.29) is 19.3 Å². The molecular formula is C15H18N2O4S. The Bertz CT molecular complexity index is 572. The number of carbonyl (C=O) groups is 3. The van der Waals surface area contributed by atoms with Crippen molar-refractivity contribution in [2.75, 3.05) is 0 Å². The van der Waals surface area contributed by atoms with Gasteiger partial charge in [0.25, 0.3) is 0 Å². The molecule has 6 nitrogen and oxygen atoms in total. The monoisotopic (exact) mass is 322 g/mol. The molecule has 1 aromatic heterocycles. The SMILES string of the molecule is CC(C)(CC(C(=O)O)N1C(=O)CCC1=O)Sc1ccccn1. The van der Waals surface area contributed by atoms with Crippen LogP contribution in [0.5, 0.6) is 0 Å². The number of carboxylic acid groups (broad SMARTS) is 1. The molecule has 0 aliphatic carbocycles. The Morgan fingerprint density at radius 2 is 2.00 bits per heavy atom. The van der Waals surface area contributed by atoms with Crippen molar-refractivity contribution in [2.24, 2.45) is 0 Å². The minimum atomic E-state index is -1.15. The van der Waals surface area contributed by atoms with Gasteiger partial charge in [-0.15, -0.1) is 11.8 Å². The first-order valence-electron chi connectivity index (χ1n) is 6.98. The maximum absolute atomic E-state index is 11.8. The standard InChI is InChI=1S/C15H18N2O4S/c1-15(2,22-11-5-3-4-8-16-11)9-10(14(20)21)17-12(18)6-7-13(17)19/h3-5,8,10H,6-7,9H2,1-2H3,(H,20,21). The van der Waals surface area contributed by atoms with Gasteiger partial charge in [0.2, 0.25) is 11.8 Å². The van der Waals surface area contributed by atoms with Gasteiger partial charge in [0.05, 0.1) is 5.03 Å². The zero-order chi connectivity index (χ0) is 16.3. The Hall–Kier alpha value is -1.89. The first kappa shape index (κ1) is 16.5. The number of nitrogens with zero attached hydrogens (tertiary/aromatic N) is 2. The van der Waals surface area contributed by atoms with Crippen molar-refractivity contribution in [3.63, 3.8) is 0 Å². The zero-order valence-electron chi connectivity index (χ0n) is 12.5. The van der Waals surface area contributed by atoms with Crippen LogP contribution in [0.1, 0.15) is 33.1 Å². The van der Waals surface area contributed by atoms with E-state index in [1.165, 1.54) is 11.8 Å². The summed E-state index contributed by atoms with van der Waals surface area (Å²) in [5, 5.41) is 10.2. The molecular weight excluding hydrogens is 304 g/mol. The van der Waals surface area contributed by atoms with E-state index in [1.54, 1.807) is 12.3 Å². The normalized spacial score (nSPS) is 16.9.